The molecule has 0 fully saturated rings. The van der Waals surface area contributed by atoms with Crippen molar-refractivity contribution >= 4 is 32.6 Å². The van der Waals surface area contributed by atoms with Gasteiger partial charge in [-0.15, -0.1) is 0 Å². The molecule has 1 aromatic heterocycles. The zero-order valence-electron chi connectivity index (χ0n) is 11.6. The minimum atomic E-state index is -4.16. The highest BCUT2D eigenvalue weighted by molar-refractivity contribution is 7.89. The summed E-state index contributed by atoms with van der Waals surface area (Å²) in [7, 11) is -4.16. The van der Waals surface area contributed by atoms with Gasteiger partial charge in [0.05, 0.1) is 29.2 Å². The molecule has 0 aliphatic carbocycles. The summed E-state index contributed by atoms with van der Waals surface area (Å²) in [6.45, 7) is -0.816. The number of nitro benzene ring substituents is 1. The van der Waals surface area contributed by atoms with Crippen LogP contribution in [0.1, 0.15) is 5.76 Å². The van der Waals surface area contributed by atoms with Crippen molar-refractivity contribution in [3.63, 3.8) is 0 Å². The van der Waals surface area contributed by atoms with Crippen LogP contribution in [0.4, 0.5) is 5.69 Å². The third kappa shape index (κ3) is 4.15. The molecule has 122 valence electrons. The summed E-state index contributed by atoms with van der Waals surface area (Å²) in [4.78, 5) is 20.9. The van der Waals surface area contributed by atoms with E-state index >= 15 is 0 Å². The van der Waals surface area contributed by atoms with Crippen molar-refractivity contribution in [1.82, 2.24) is 4.31 Å². The van der Waals surface area contributed by atoms with E-state index in [1.807, 2.05) is 0 Å². The number of nitrogens with zero attached hydrogens (tertiary/aromatic N) is 2. The van der Waals surface area contributed by atoms with Gasteiger partial charge in [0.25, 0.3) is 5.69 Å². The molecule has 10 heteroatoms. The Hall–Kier alpha value is -2.23. The Bertz CT molecular complexity index is 819. The fourth-order valence-corrected chi connectivity index (χ4v) is 3.47. The summed E-state index contributed by atoms with van der Waals surface area (Å²) in [5.74, 6) is 0.303. The topological polar surface area (TPSA) is 111 Å². The maximum Gasteiger partial charge on any atom is 0.270 e. The van der Waals surface area contributed by atoms with Gasteiger partial charge in [-0.25, -0.2) is 8.42 Å². The molecule has 2 aromatic rings. The Morgan fingerprint density at radius 3 is 2.61 bits per heavy atom. The lowest BCUT2D eigenvalue weighted by Crippen LogP contribution is -2.33. The molecule has 0 spiro atoms. The second kappa shape index (κ2) is 6.90. The molecule has 0 saturated heterocycles. The molecule has 23 heavy (non-hydrogen) atoms. The van der Waals surface area contributed by atoms with Gasteiger partial charge in [-0.05, 0) is 29.8 Å². The molecule has 0 aliphatic rings. The van der Waals surface area contributed by atoms with Gasteiger partial charge in [0.2, 0.25) is 15.3 Å². The average molecular weight is 359 g/mol. The first-order valence-corrected chi connectivity index (χ1v) is 8.08. The molecule has 8 nitrogen and oxygen atoms in total. The largest absolute Gasteiger partial charge is 0.468 e. The Morgan fingerprint density at radius 1 is 1.30 bits per heavy atom. The summed E-state index contributed by atoms with van der Waals surface area (Å²) in [5.41, 5.74) is -0.374. The zero-order chi connectivity index (χ0) is 17.0. The first kappa shape index (κ1) is 17.1. The first-order chi connectivity index (χ1) is 10.8. The number of rotatable bonds is 7. The standard InChI is InChI=1S/C13H11ClN2O6S/c14-13(17)9-15(8-11-4-2-6-22-11)23(20,21)12-5-1-3-10(7-12)16(18)19/h1-7H,8-9H2. The number of sulfonamides is 1. The first-order valence-electron chi connectivity index (χ1n) is 6.26. The molecule has 0 atom stereocenters. The molecular weight excluding hydrogens is 348 g/mol. The van der Waals surface area contributed by atoms with E-state index in [0.29, 0.717) is 5.76 Å². The van der Waals surface area contributed by atoms with Crippen LogP contribution < -0.4 is 0 Å². The van der Waals surface area contributed by atoms with E-state index in [-0.39, 0.29) is 17.1 Å². The molecule has 1 aromatic carbocycles. The lowest BCUT2D eigenvalue weighted by atomic mass is 10.3. The van der Waals surface area contributed by atoms with Crippen LogP contribution in [0.25, 0.3) is 0 Å². The van der Waals surface area contributed by atoms with Gasteiger partial charge >= 0.3 is 0 Å². The van der Waals surface area contributed by atoms with E-state index in [1.54, 1.807) is 6.07 Å². The summed E-state index contributed by atoms with van der Waals surface area (Å²) in [5, 5.41) is 9.91. The monoisotopic (exact) mass is 358 g/mol. The van der Waals surface area contributed by atoms with Crippen LogP contribution in [0.5, 0.6) is 0 Å². The fraction of sp³-hybridized carbons (Fsp3) is 0.154. The highest BCUT2D eigenvalue weighted by Gasteiger charge is 2.28. The van der Waals surface area contributed by atoms with Crippen molar-refractivity contribution in [2.24, 2.45) is 0 Å². The van der Waals surface area contributed by atoms with Crippen molar-refractivity contribution in [3.05, 3.63) is 58.5 Å². The van der Waals surface area contributed by atoms with Crippen LogP contribution in [0.3, 0.4) is 0 Å². The number of non-ortho nitro benzene ring substituents is 1. The third-order valence-corrected chi connectivity index (χ3v) is 4.79. The van der Waals surface area contributed by atoms with Crippen molar-refractivity contribution in [2.75, 3.05) is 6.54 Å². The number of hydrogen-bond donors (Lipinski definition) is 0. The van der Waals surface area contributed by atoms with Gasteiger partial charge in [-0.3, -0.25) is 14.9 Å². The van der Waals surface area contributed by atoms with Crippen LogP contribution in [0.15, 0.2) is 52.0 Å². The summed E-state index contributed by atoms with van der Waals surface area (Å²) < 4.78 is 31.1. The normalized spacial score (nSPS) is 11.6. The lowest BCUT2D eigenvalue weighted by Gasteiger charge is -2.19. The Labute approximate surface area is 136 Å². The second-order valence-corrected chi connectivity index (χ2v) is 6.82. The van der Waals surface area contributed by atoms with E-state index in [0.717, 1.165) is 10.4 Å². The van der Waals surface area contributed by atoms with Gasteiger partial charge in [0, 0.05) is 12.1 Å². The average Bonchev–Trinajstić information content (AvgIpc) is 2.99. The third-order valence-electron chi connectivity index (χ3n) is 2.88. The lowest BCUT2D eigenvalue weighted by molar-refractivity contribution is -0.385. The van der Waals surface area contributed by atoms with E-state index in [4.69, 9.17) is 16.0 Å². The molecule has 1 heterocycles. The van der Waals surface area contributed by atoms with Gasteiger partial charge in [-0.2, -0.15) is 4.31 Å². The van der Waals surface area contributed by atoms with Crippen LogP contribution in [-0.2, 0) is 21.4 Å². The molecule has 0 bridgehead atoms. The highest BCUT2D eigenvalue weighted by Crippen LogP contribution is 2.22. The molecule has 0 saturated carbocycles. The highest BCUT2D eigenvalue weighted by atomic mass is 35.5. The maximum absolute atomic E-state index is 12.6. The van der Waals surface area contributed by atoms with Gasteiger partial charge in [0.15, 0.2) is 0 Å². The predicted octanol–water partition coefficient (Wildman–Crippen LogP) is 2.14. The smallest absolute Gasteiger partial charge is 0.270 e. The van der Waals surface area contributed by atoms with E-state index in [9.17, 15) is 23.3 Å². The number of benzene rings is 1. The quantitative estimate of drug-likeness (QED) is 0.426. The zero-order valence-corrected chi connectivity index (χ0v) is 13.2. The fourth-order valence-electron chi connectivity index (χ4n) is 1.85. The van der Waals surface area contributed by atoms with Crippen molar-refractivity contribution in [2.45, 2.75) is 11.4 Å². The number of carbonyl (C=O) groups is 1. The van der Waals surface area contributed by atoms with Crippen molar-refractivity contribution in [1.29, 1.82) is 0 Å². The van der Waals surface area contributed by atoms with Gasteiger partial charge in [-0.1, -0.05) is 6.07 Å². The van der Waals surface area contributed by atoms with E-state index < -0.39 is 26.7 Å². The van der Waals surface area contributed by atoms with Gasteiger partial charge in [0.1, 0.15) is 5.76 Å². The summed E-state index contributed by atoms with van der Waals surface area (Å²) in [6.07, 6.45) is 1.36. The number of hydrogen-bond acceptors (Lipinski definition) is 6. The maximum atomic E-state index is 12.6. The molecule has 2 rings (SSSR count). The molecular formula is C13H11ClN2O6S. The van der Waals surface area contributed by atoms with Gasteiger partial charge < -0.3 is 4.42 Å². The van der Waals surface area contributed by atoms with E-state index in [1.165, 1.54) is 30.5 Å². The molecule has 0 radical (unpaired) electrons. The van der Waals surface area contributed by atoms with Crippen LogP contribution in [0.2, 0.25) is 0 Å². The molecule has 0 N–H and O–H groups in total. The predicted molar refractivity (Wildman–Crippen MR) is 80.3 cm³/mol. The van der Waals surface area contributed by atoms with Crippen LogP contribution in [0, 0.1) is 10.1 Å². The summed E-state index contributed by atoms with van der Waals surface area (Å²) >= 11 is 5.30. The minimum absolute atomic E-state index is 0.226. The minimum Gasteiger partial charge on any atom is -0.468 e. The van der Waals surface area contributed by atoms with Crippen molar-refractivity contribution in [3.8, 4) is 0 Å². The summed E-state index contributed by atoms with van der Waals surface area (Å²) in [6, 6.07) is 7.64. The van der Waals surface area contributed by atoms with Crippen molar-refractivity contribution < 1.29 is 22.6 Å². The Morgan fingerprint density at radius 2 is 2.04 bits per heavy atom. The number of furan rings is 1. The number of carbonyl (C=O) groups excluding carboxylic acids is 1. The number of halogens is 1. The SMILES string of the molecule is O=C(Cl)CN(Cc1ccco1)S(=O)(=O)c1cccc([N+](=O)[O-])c1. The van der Waals surface area contributed by atoms with E-state index in [2.05, 4.69) is 0 Å². The molecule has 0 unspecified atom stereocenters. The molecule has 0 amide bonds. The Balaban J connectivity index is 2.40. The molecule has 0 aliphatic heterocycles. The number of nitro groups is 1. The second-order valence-electron chi connectivity index (χ2n) is 4.46. The Kier molecular flexibility index (Phi) is 5.14. The van der Waals surface area contributed by atoms with Crippen LogP contribution in [-0.4, -0.2) is 29.4 Å². The van der Waals surface area contributed by atoms with Crippen LogP contribution >= 0.6 is 11.6 Å².